The van der Waals surface area contributed by atoms with Gasteiger partial charge in [0.25, 0.3) is 0 Å². The van der Waals surface area contributed by atoms with Crippen LogP contribution in [0.3, 0.4) is 0 Å². The second kappa shape index (κ2) is 8.48. The average Bonchev–Trinajstić information content (AvgIpc) is 2.78. The SMILES string of the molecule is COc1cc(/C=C/c2ccc(Oc3ccc4ccccc4n3)cc2)cc(OC)c1. The number of rotatable bonds is 6. The molecular formula is C25H21NO3. The van der Waals surface area contributed by atoms with Gasteiger partial charge in [-0.2, -0.15) is 0 Å². The predicted molar refractivity (Wildman–Crippen MR) is 117 cm³/mol. The van der Waals surface area contributed by atoms with Gasteiger partial charge in [0.15, 0.2) is 0 Å². The molecule has 4 aromatic rings. The van der Waals surface area contributed by atoms with Crippen molar-refractivity contribution in [1.29, 1.82) is 0 Å². The highest BCUT2D eigenvalue weighted by Crippen LogP contribution is 2.25. The van der Waals surface area contributed by atoms with E-state index in [1.165, 1.54) is 0 Å². The molecule has 0 fully saturated rings. The molecule has 144 valence electrons. The first-order valence-electron chi connectivity index (χ1n) is 9.28. The predicted octanol–water partition coefficient (Wildman–Crippen LogP) is 6.21. The zero-order valence-corrected chi connectivity index (χ0v) is 16.3. The molecule has 3 aromatic carbocycles. The Labute approximate surface area is 170 Å². The van der Waals surface area contributed by atoms with Gasteiger partial charge in [-0.25, -0.2) is 4.98 Å². The number of aromatic nitrogens is 1. The molecule has 0 saturated heterocycles. The molecule has 0 bridgehead atoms. The van der Waals surface area contributed by atoms with Crippen molar-refractivity contribution in [3.05, 3.63) is 90.0 Å². The lowest BCUT2D eigenvalue weighted by Crippen LogP contribution is -1.89. The van der Waals surface area contributed by atoms with Gasteiger partial charge in [-0.3, -0.25) is 0 Å². The van der Waals surface area contributed by atoms with E-state index in [1.54, 1.807) is 14.2 Å². The van der Waals surface area contributed by atoms with E-state index in [0.717, 1.165) is 39.3 Å². The van der Waals surface area contributed by atoms with E-state index in [1.807, 2.05) is 91.0 Å². The molecule has 0 atom stereocenters. The van der Waals surface area contributed by atoms with Crippen molar-refractivity contribution in [3.8, 4) is 23.1 Å². The quantitative estimate of drug-likeness (QED) is 0.371. The molecule has 0 aliphatic heterocycles. The Bertz CT molecular complexity index is 1130. The van der Waals surface area contributed by atoms with Crippen molar-refractivity contribution in [1.82, 2.24) is 4.98 Å². The Kier molecular flexibility index (Phi) is 5.43. The van der Waals surface area contributed by atoms with E-state index in [2.05, 4.69) is 4.98 Å². The van der Waals surface area contributed by atoms with Gasteiger partial charge in [0.05, 0.1) is 19.7 Å². The highest BCUT2D eigenvalue weighted by Gasteiger charge is 2.02. The van der Waals surface area contributed by atoms with Crippen LogP contribution in [-0.4, -0.2) is 19.2 Å². The lowest BCUT2D eigenvalue weighted by molar-refractivity contribution is 0.394. The van der Waals surface area contributed by atoms with Crippen molar-refractivity contribution in [2.24, 2.45) is 0 Å². The third-order valence-corrected chi connectivity index (χ3v) is 4.52. The first kappa shape index (κ1) is 18.6. The third-order valence-electron chi connectivity index (χ3n) is 4.52. The number of ether oxygens (including phenoxy) is 3. The Morgan fingerprint density at radius 1 is 0.655 bits per heavy atom. The van der Waals surface area contributed by atoms with Gasteiger partial charge in [0, 0.05) is 17.5 Å². The summed E-state index contributed by atoms with van der Waals surface area (Å²) < 4.78 is 16.5. The van der Waals surface area contributed by atoms with Crippen LogP contribution >= 0.6 is 0 Å². The molecule has 0 aliphatic carbocycles. The number of fused-ring (bicyclic) bond motifs is 1. The minimum Gasteiger partial charge on any atom is -0.497 e. The summed E-state index contributed by atoms with van der Waals surface area (Å²) in [6, 6.07) is 25.5. The van der Waals surface area contributed by atoms with Crippen LogP contribution in [0.1, 0.15) is 11.1 Å². The zero-order chi connectivity index (χ0) is 20.1. The molecule has 0 aliphatic rings. The van der Waals surface area contributed by atoms with Crippen LogP contribution in [0.5, 0.6) is 23.1 Å². The first-order chi connectivity index (χ1) is 14.2. The maximum atomic E-state index is 5.90. The maximum absolute atomic E-state index is 5.90. The second-order valence-electron chi connectivity index (χ2n) is 6.49. The van der Waals surface area contributed by atoms with Crippen molar-refractivity contribution < 1.29 is 14.2 Å². The maximum Gasteiger partial charge on any atom is 0.219 e. The molecule has 1 aromatic heterocycles. The summed E-state index contributed by atoms with van der Waals surface area (Å²) in [4.78, 5) is 4.54. The summed E-state index contributed by atoms with van der Waals surface area (Å²) in [5.41, 5.74) is 2.98. The number of methoxy groups -OCH3 is 2. The minimum absolute atomic E-state index is 0.579. The molecule has 4 nitrogen and oxygen atoms in total. The lowest BCUT2D eigenvalue weighted by atomic mass is 10.1. The Morgan fingerprint density at radius 3 is 2.07 bits per heavy atom. The fraction of sp³-hybridized carbons (Fsp3) is 0.0800. The molecule has 4 heteroatoms. The standard InChI is InChI=1S/C25H21NO3/c1-27-22-15-19(16-23(17-22)28-2)8-7-18-9-12-21(13-10-18)29-25-14-11-20-5-3-4-6-24(20)26-25/h3-17H,1-2H3/b8-7+. The molecule has 29 heavy (non-hydrogen) atoms. The van der Waals surface area contributed by atoms with Crippen LogP contribution in [0.25, 0.3) is 23.1 Å². The van der Waals surface area contributed by atoms with E-state index in [0.29, 0.717) is 5.88 Å². The van der Waals surface area contributed by atoms with Gasteiger partial charge in [0.1, 0.15) is 17.2 Å². The Balaban J connectivity index is 1.48. The molecule has 4 rings (SSSR count). The van der Waals surface area contributed by atoms with Gasteiger partial charge in [-0.1, -0.05) is 42.5 Å². The van der Waals surface area contributed by atoms with E-state index >= 15 is 0 Å². The molecule has 0 amide bonds. The number of nitrogens with zero attached hydrogens (tertiary/aromatic N) is 1. The molecule has 0 saturated carbocycles. The number of benzene rings is 3. The highest BCUT2D eigenvalue weighted by molar-refractivity contribution is 5.78. The van der Waals surface area contributed by atoms with E-state index < -0.39 is 0 Å². The summed E-state index contributed by atoms with van der Waals surface area (Å²) in [5, 5.41) is 1.09. The van der Waals surface area contributed by atoms with Gasteiger partial charge in [-0.15, -0.1) is 0 Å². The smallest absolute Gasteiger partial charge is 0.219 e. The van der Waals surface area contributed by atoms with Crippen LogP contribution in [0.15, 0.2) is 78.9 Å². The van der Waals surface area contributed by atoms with Gasteiger partial charge >= 0.3 is 0 Å². The Hall–Kier alpha value is -3.79. The summed E-state index contributed by atoms with van der Waals surface area (Å²) in [7, 11) is 3.29. The summed E-state index contributed by atoms with van der Waals surface area (Å²) in [6.07, 6.45) is 4.05. The monoisotopic (exact) mass is 383 g/mol. The van der Waals surface area contributed by atoms with E-state index in [9.17, 15) is 0 Å². The fourth-order valence-electron chi connectivity index (χ4n) is 2.99. The van der Waals surface area contributed by atoms with E-state index in [4.69, 9.17) is 14.2 Å². The highest BCUT2D eigenvalue weighted by atomic mass is 16.5. The molecule has 0 spiro atoms. The van der Waals surface area contributed by atoms with E-state index in [-0.39, 0.29) is 0 Å². The molecule has 0 radical (unpaired) electrons. The minimum atomic E-state index is 0.579. The van der Waals surface area contributed by atoms with Crippen LogP contribution in [0.2, 0.25) is 0 Å². The normalized spacial score (nSPS) is 11.0. The van der Waals surface area contributed by atoms with Crippen LogP contribution in [0.4, 0.5) is 0 Å². The van der Waals surface area contributed by atoms with Crippen molar-refractivity contribution in [2.75, 3.05) is 14.2 Å². The Morgan fingerprint density at radius 2 is 1.34 bits per heavy atom. The number of hydrogen-bond donors (Lipinski definition) is 0. The summed E-state index contributed by atoms with van der Waals surface area (Å²) >= 11 is 0. The molecule has 0 unspecified atom stereocenters. The van der Waals surface area contributed by atoms with Gasteiger partial charge < -0.3 is 14.2 Å². The first-order valence-corrected chi connectivity index (χ1v) is 9.28. The topological polar surface area (TPSA) is 40.6 Å². The van der Waals surface area contributed by atoms with Crippen molar-refractivity contribution in [2.45, 2.75) is 0 Å². The average molecular weight is 383 g/mol. The van der Waals surface area contributed by atoms with Crippen LogP contribution in [0, 0.1) is 0 Å². The van der Waals surface area contributed by atoms with Crippen molar-refractivity contribution >= 4 is 23.1 Å². The largest absolute Gasteiger partial charge is 0.497 e. The number of pyridine rings is 1. The fourth-order valence-corrected chi connectivity index (χ4v) is 2.99. The molecule has 0 N–H and O–H groups in total. The summed E-state index contributed by atoms with van der Waals surface area (Å²) in [5.74, 6) is 2.84. The van der Waals surface area contributed by atoms with Gasteiger partial charge in [0.2, 0.25) is 5.88 Å². The lowest BCUT2D eigenvalue weighted by Gasteiger charge is -2.07. The summed E-state index contributed by atoms with van der Waals surface area (Å²) in [6.45, 7) is 0. The zero-order valence-electron chi connectivity index (χ0n) is 16.3. The van der Waals surface area contributed by atoms with Crippen LogP contribution in [-0.2, 0) is 0 Å². The van der Waals surface area contributed by atoms with Crippen LogP contribution < -0.4 is 14.2 Å². The third kappa shape index (κ3) is 4.55. The van der Waals surface area contributed by atoms with Gasteiger partial charge in [-0.05, 0) is 47.5 Å². The molecule has 1 heterocycles. The number of para-hydroxylation sites is 1. The molecular weight excluding hydrogens is 362 g/mol. The van der Waals surface area contributed by atoms with Crippen molar-refractivity contribution in [3.63, 3.8) is 0 Å². The number of hydrogen-bond acceptors (Lipinski definition) is 4. The second-order valence-corrected chi connectivity index (χ2v) is 6.49.